The zero-order chi connectivity index (χ0) is 26.7. The lowest BCUT2D eigenvalue weighted by Crippen LogP contribution is -2.56. The van der Waals surface area contributed by atoms with Gasteiger partial charge in [0.2, 0.25) is 17.6 Å². The van der Waals surface area contributed by atoms with Gasteiger partial charge in [0.15, 0.2) is 0 Å². The van der Waals surface area contributed by atoms with Gasteiger partial charge in [0.1, 0.15) is 11.7 Å². The van der Waals surface area contributed by atoms with E-state index in [-0.39, 0.29) is 12.3 Å². The Hall–Kier alpha value is -3.69. The van der Waals surface area contributed by atoms with E-state index in [2.05, 4.69) is 26.3 Å². The molecule has 0 spiro atoms. The van der Waals surface area contributed by atoms with Gasteiger partial charge in [-0.1, -0.05) is 31.0 Å². The van der Waals surface area contributed by atoms with Crippen LogP contribution in [0, 0.1) is 11.8 Å². The number of fused-ring (bicyclic) bond motifs is 1. The van der Waals surface area contributed by atoms with Crippen LogP contribution in [0.2, 0.25) is 0 Å². The Kier molecular flexibility index (Phi) is 7.65. The van der Waals surface area contributed by atoms with Crippen LogP contribution in [-0.4, -0.2) is 58.6 Å². The van der Waals surface area contributed by atoms with Crippen LogP contribution >= 0.6 is 0 Å². The summed E-state index contributed by atoms with van der Waals surface area (Å²) in [5.41, 5.74) is 0.490. The largest absolute Gasteiger partial charge is 0.356 e. The fourth-order valence-electron chi connectivity index (χ4n) is 4.57. The summed E-state index contributed by atoms with van der Waals surface area (Å²) in [7, 11) is 0. The Labute approximate surface area is 215 Å². The fraction of sp³-hybridized carbons (Fsp3) is 0.519. The molecule has 10 nitrogen and oxygen atoms in total. The Bertz CT molecular complexity index is 1180. The first-order valence-corrected chi connectivity index (χ1v) is 12.8. The van der Waals surface area contributed by atoms with Crippen molar-refractivity contribution in [1.29, 1.82) is 0 Å². The number of para-hydroxylation sites is 1. The van der Waals surface area contributed by atoms with Crippen molar-refractivity contribution in [2.24, 2.45) is 11.8 Å². The van der Waals surface area contributed by atoms with Gasteiger partial charge in [-0.05, 0) is 58.1 Å². The topological polar surface area (TPSA) is 149 Å². The van der Waals surface area contributed by atoms with Crippen LogP contribution in [0.5, 0.6) is 0 Å². The summed E-state index contributed by atoms with van der Waals surface area (Å²) < 4.78 is 0. The van der Waals surface area contributed by atoms with Gasteiger partial charge in [-0.2, -0.15) is 0 Å². The first-order valence-electron chi connectivity index (χ1n) is 12.8. The Morgan fingerprint density at radius 1 is 1.00 bits per heavy atom. The van der Waals surface area contributed by atoms with Crippen molar-refractivity contribution in [1.82, 2.24) is 26.3 Å². The zero-order valence-corrected chi connectivity index (χ0v) is 21.5. The number of rotatable bonds is 10. The lowest BCUT2D eigenvalue weighted by molar-refractivity contribution is -0.141. The van der Waals surface area contributed by atoms with Gasteiger partial charge in [-0.3, -0.25) is 24.0 Å². The van der Waals surface area contributed by atoms with Gasteiger partial charge < -0.3 is 26.3 Å². The molecule has 3 atom stereocenters. The number of hydrogen-bond acceptors (Lipinski definition) is 5. The number of nitrogens with one attached hydrogen (secondary N) is 5. The number of ketones is 1. The van der Waals surface area contributed by atoms with Crippen LogP contribution in [0.25, 0.3) is 10.9 Å². The number of aromatic amines is 1. The highest BCUT2D eigenvalue weighted by atomic mass is 16.2. The molecule has 1 saturated heterocycles. The second kappa shape index (κ2) is 10.7. The van der Waals surface area contributed by atoms with E-state index in [0.29, 0.717) is 31.0 Å². The Morgan fingerprint density at radius 2 is 1.73 bits per heavy atom. The molecular formula is C27H35N5O5. The Morgan fingerprint density at radius 3 is 2.35 bits per heavy atom. The molecule has 2 aromatic rings. The predicted molar refractivity (Wildman–Crippen MR) is 137 cm³/mol. The van der Waals surface area contributed by atoms with Gasteiger partial charge in [0, 0.05) is 28.9 Å². The molecule has 2 heterocycles. The Balaban J connectivity index is 1.50. The molecule has 37 heavy (non-hydrogen) atoms. The van der Waals surface area contributed by atoms with Gasteiger partial charge >= 0.3 is 0 Å². The molecule has 198 valence electrons. The minimum absolute atomic E-state index is 0.0140. The molecule has 0 radical (unpaired) electrons. The molecular weight excluding hydrogens is 474 g/mol. The third-order valence-corrected chi connectivity index (χ3v) is 6.69. The van der Waals surface area contributed by atoms with Crippen LogP contribution in [0.1, 0.15) is 63.4 Å². The van der Waals surface area contributed by atoms with E-state index in [4.69, 9.17) is 0 Å². The number of aromatic nitrogens is 1. The molecule has 4 rings (SSSR count). The summed E-state index contributed by atoms with van der Waals surface area (Å²) in [6.07, 6.45) is 2.88. The molecule has 0 unspecified atom stereocenters. The quantitative estimate of drug-likeness (QED) is 0.308. The molecule has 10 heteroatoms. The SMILES string of the molecule is CC(C)(C)NC(=O)C(=O)[C@H](C[C@@H]1CCNC1=O)NC(=O)[C@H](CC1CC1)NC(=O)c1cc2ccccc2[nH]1. The van der Waals surface area contributed by atoms with Crippen LogP contribution in [0.3, 0.4) is 0 Å². The normalized spacial score (nSPS) is 19.1. The monoisotopic (exact) mass is 509 g/mol. The van der Waals surface area contributed by atoms with Crippen molar-refractivity contribution in [3.8, 4) is 0 Å². The molecule has 1 aliphatic carbocycles. The van der Waals surface area contributed by atoms with Crippen molar-refractivity contribution >= 4 is 40.3 Å². The smallest absolute Gasteiger partial charge is 0.290 e. The van der Waals surface area contributed by atoms with E-state index in [1.165, 1.54) is 0 Å². The first-order chi connectivity index (χ1) is 17.5. The van der Waals surface area contributed by atoms with Crippen molar-refractivity contribution in [3.05, 3.63) is 36.0 Å². The van der Waals surface area contributed by atoms with Crippen LogP contribution in [0.4, 0.5) is 0 Å². The third-order valence-electron chi connectivity index (χ3n) is 6.69. The van der Waals surface area contributed by atoms with Gasteiger partial charge in [0.05, 0.1) is 6.04 Å². The summed E-state index contributed by atoms with van der Waals surface area (Å²) >= 11 is 0. The number of carbonyl (C=O) groups excluding carboxylic acids is 5. The van der Waals surface area contributed by atoms with Gasteiger partial charge in [0.25, 0.3) is 11.8 Å². The van der Waals surface area contributed by atoms with Crippen molar-refractivity contribution in [2.45, 2.75) is 70.5 Å². The summed E-state index contributed by atoms with van der Waals surface area (Å²) in [5.74, 6) is -2.99. The van der Waals surface area contributed by atoms with Gasteiger partial charge in [-0.15, -0.1) is 0 Å². The summed E-state index contributed by atoms with van der Waals surface area (Å²) in [5, 5.41) is 11.7. The van der Waals surface area contributed by atoms with E-state index >= 15 is 0 Å². The minimum Gasteiger partial charge on any atom is -0.356 e. The molecule has 2 aliphatic rings. The molecule has 1 saturated carbocycles. The van der Waals surface area contributed by atoms with E-state index in [9.17, 15) is 24.0 Å². The van der Waals surface area contributed by atoms with E-state index in [1.54, 1.807) is 26.8 Å². The number of benzene rings is 1. The van der Waals surface area contributed by atoms with Crippen LogP contribution in [0.15, 0.2) is 30.3 Å². The molecule has 0 bridgehead atoms. The van der Waals surface area contributed by atoms with E-state index in [1.807, 2.05) is 24.3 Å². The zero-order valence-electron chi connectivity index (χ0n) is 21.5. The molecule has 2 fully saturated rings. The molecule has 1 aliphatic heterocycles. The molecule has 5 N–H and O–H groups in total. The van der Waals surface area contributed by atoms with Gasteiger partial charge in [-0.25, -0.2) is 0 Å². The highest BCUT2D eigenvalue weighted by Gasteiger charge is 2.37. The number of H-pyrrole nitrogens is 1. The molecule has 4 amide bonds. The highest BCUT2D eigenvalue weighted by Crippen LogP contribution is 2.33. The number of carbonyl (C=O) groups is 5. The number of Topliss-reactive ketones (excluding diaryl/α,β-unsaturated/α-hetero) is 1. The minimum atomic E-state index is -1.18. The fourth-order valence-corrected chi connectivity index (χ4v) is 4.57. The lowest BCUT2D eigenvalue weighted by atomic mass is 9.94. The maximum absolute atomic E-state index is 13.4. The second-order valence-corrected chi connectivity index (χ2v) is 11.1. The maximum atomic E-state index is 13.4. The first kappa shape index (κ1) is 26.4. The lowest BCUT2D eigenvalue weighted by Gasteiger charge is -2.25. The standard InChI is InChI=1S/C27H35N5O5/c1-27(2,3)32-26(37)22(33)19(14-17-10-11-28-23(17)34)30-24(35)20(12-15-8-9-15)31-25(36)21-13-16-6-4-5-7-18(16)29-21/h4-7,13,15,17,19-20,29H,8-12,14H2,1-3H3,(H,28,34)(H,30,35)(H,31,36)(H,32,37)/t17-,19-,20-/m0/s1. The summed E-state index contributed by atoms with van der Waals surface area (Å²) in [6, 6.07) is 7.13. The van der Waals surface area contributed by atoms with Crippen molar-refractivity contribution in [2.75, 3.05) is 6.54 Å². The summed E-state index contributed by atoms with van der Waals surface area (Å²) in [4.78, 5) is 67.4. The average Bonchev–Trinajstić information content (AvgIpc) is 3.39. The van der Waals surface area contributed by atoms with Crippen molar-refractivity contribution in [3.63, 3.8) is 0 Å². The van der Waals surface area contributed by atoms with Crippen molar-refractivity contribution < 1.29 is 24.0 Å². The molecule has 1 aromatic carbocycles. The van der Waals surface area contributed by atoms with Crippen LogP contribution in [-0.2, 0) is 19.2 Å². The second-order valence-electron chi connectivity index (χ2n) is 11.1. The highest BCUT2D eigenvalue weighted by molar-refractivity contribution is 6.38. The average molecular weight is 510 g/mol. The van der Waals surface area contributed by atoms with Crippen LogP contribution < -0.4 is 21.3 Å². The predicted octanol–water partition coefficient (Wildman–Crippen LogP) is 1.56. The number of amides is 4. The molecule has 1 aromatic heterocycles. The number of hydrogen-bond donors (Lipinski definition) is 5. The maximum Gasteiger partial charge on any atom is 0.290 e. The van der Waals surface area contributed by atoms with E-state index in [0.717, 1.165) is 23.7 Å². The van der Waals surface area contributed by atoms with E-state index < -0.39 is 47.0 Å². The summed E-state index contributed by atoms with van der Waals surface area (Å²) in [6.45, 7) is 5.74. The third kappa shape index (κ3) is 6.96.